The number of aromatic nitrogens is 1. The van der Waals surface area contributed by atoms with Crippen LogP contribution in [0.2, 0.25) is 0 Å². The summed E-state index contributed by atoms with van der Waals surface area (Å²) in [7, 11) is 1.78. The summed E-state index contributed by atoms with van der Waals surface area (Å²) in [5.41, 5.74) is 0. The van der Waals surface area contributed by atoms with Gasteiger partial charge in [0.05, 0.1) is 12.7 Å². The summed E-state index contributed by atoms with van der Waals surface area (Å²) in [4.78, 5) is 10.7. The average Bonchev–Trinajstić information content (AvgIpc) is 2.56. The number of rotatable bonds is 10. The van der Waals surface area contributed by atoms with Crippen LogP contribution in [0.1, 0.15) is 34.1 Å². The van der Waals surface area contributed by atoms with Crippen molar-refractivity contribution in [3.63, 3.8) is 0 Å². The summed E-state index contributed by atoms with van der Waals surface area (Å²) < 4.78 is 5.60. The van der Waals surface area contributed by atoms with E-state index in [1.165, 1.54) is 0 Å². The molecule has 0 aromatic carbocycles. The van der Waals surface area contributed by atoms with E-state index >= 15 is 0 Å². The molecule has 0 radical (unpaired) electrons. The Labute approximate surface area is 169 Å². The minimum Gasteiger partial charge on any atom is -0.490 e. The number of halogens is 1. The molecule has 0 atom stereocenters. The van der Waals surface area contributed by atoms with Crippen molar-refractivity contribution in [2.45, 2.75) is 46.2 Å². The fourth-order valence-electron chi connectivity index (χ4n) is 2.57. The normalized spacial score (nSPS) is 11.6. The van der Waals surface area contributed by atoms with Crippen molar-refractivity contribution < 1.29 is 4.74 Å². The Morgan fingerprint density at radius 3 is 2.44 bits per heavy atom. The number of hydrogen-bond donors (Lipinski definition) is 2. The molecule has 0 aliphatic carbocycles. The zero-order chi connectivity index (χ0) is 17.8. The molecular formula is C18H34IN5O. The molecule has 0 amide bonds. The Bertz CT molecular complexity index is 460. The van der Waals surface area contributed by atoms with Crippen LogP contribution in [-0.2, 0) is 0 Å². The second kappa shape index (κ2) is 14.1. The number of nitrogens with one attached hydrogen (secondary N) is 2. The van der Waals surface area contributed by atoms with E-state index in [1.54, 1.807) is 19.4 Å². The van der Waals surface area contributed by atoms with Crippen LogP contribution in [0, 0.1) is 0 Å². The van der Waals surface area contributed by atoms with Gasteiger partial charge in [-0.05, 0) is 46.2 Å². The highest BCUT2D eigenvalue weighted by Gasteiger charge is 2.12. The van der Waals surface area contributed by atoms with Crippen molar-refractivity contribution in [3.05, 3.63) is 24.5 Å². The lowest BCUT2D eigenvalue weighted by molar-refractivity contribution is 0.173. The first-order valence-electron chi connectivity index (χ1n) is 8.77. The maximum atomic E-state index is 5.60. The van der Waals surface area contributed by atoms with Crippen molar-refractivity contribution in [1.82, 2.24) is 20.5 Å². The van der Waals surface area contributed by atoms with E-state index in [-0.39, 0.29) is 24.0 Å². The Morgan fingerprint density at radius 1 is 1.20 bits per heavy atom. The van der Waals surface area contributed by atoms with Crippen molar-refractivity contribution in [3.8, 4) is 5.75 Å². The van der Waals surface area contributed by atoms with E-state index in [9.17, 15) is 0 Å². The summed E-state index contributed by atoms with van der Waals surface area (Å²) in [6, 6.07) is 4.91. The first-order chi connectivity index (χ1) is 11.5. The Balaban J connectivity index is 0.00000576. The van der Waals surface area contributed by atoms with Crippen LogP contribution >= 0.6 is 24.0 Å². The third kappa shape index (κ3) is 10.5. The van der Waals surface area contributed by atoms with E-state index in [4.69, 9.17) is 4.74 Å². The molecule has 0 aliphatic rings. The molecule has 0 unspecified atom stereocenters. The molecule has 0 aliphatic heterocycles. The molecule has 0 saturated heterocycles. The van der Waals surface area contributed by atoms with Crippen LogP contribution in [0.15, 0.2) is 29.5 Å². The van der Waals surface area contributed by atoms with Gasteiger partial charge in [-0.15, -0.1) is 24.0 Å². The third-order valence-electron chi connectivity index (χ3n) is 3.73. The smallest absolute Gasteiger partial charge is 0.191 e. The van der Waals surface area contributed by atoms with E-state index in [0.29, 0.717) is 25.2 Å². The molecule has 0 fully saturated rings. The fraction of sp³-hybridized carbons (Fsp3) is 0.667. The number of guanidine groups is 1. The summed E-state index contributed by atoms with van der Waals surface area (Å²) in [6.45, 7) is 12.2. The highest BCUT2D eigenvalue weighted by atomic mass is 127. The van der Waals surface area contributed by atoms with Gasteiger partial charge >= 0.3 is 0 Å². The molecule has 1 aromatic heterocycles. The molecule has 144 valence electrons. The second-order valence-electron chi connectivity index (χ2n) is 6.24. The van der Waals surface area contributed by atoms with Gasteiger partial charge in [0.25, 0.3) is 0 Å². The molecule has 6 nitrogen and oxygen atoms in total. The van der Waals surface area contributed by atoms with Crippen molar-refractivity contribution in [1.29, 1.82) is 0 Å². The average molecular weight is 463 g/mol. The van der Waals surface area contributed by atoms with Gasteiger partial charge in [-0.25, -0.2) is 0 Å². The first-order valence-corrected chi connectivity index (χ1v) is 8.77. The molecule has 2 N–H and O–H groups in total. The van der Waals surface area contributed by atoms with Gasteiger partial charge in [0, 0.05) is 38.4 Å². The lowest BCUT2D eigenvalue weighted by Crippen LogP contribution is -2.42. The van der Waals surface area contributed by atoms with Crippen molar-refractivity contribution in [2.75, 3.05) is 33.3 Å². The number of ether oxygens (including phenoxy) is 1. The van der Waals surface area contributed by atoms with Gasteiger partial charge in [0.2, 0.25) is 0 Å². The van der Waals surface area contributed by atoms with E-state index in [2.05, 4.69) is 53.2 Å². The molecule has 0 spiro atoms. The minimum absolute atomic E-state index is 0. The van der Waals surface area contributed by atoms with Crippen LogP contribution < -0.4 is 15.4 Å². The van der Waals surface area contributed by atoms with E-state index < -0.39 is 0 Å². The Kier molecular flexibility index (Phi) is 13.5. The molecular weight excluding hydrogens is 429 g/mol. The van der Waals surface area contributed by atoms with Gasteiger partial charge in [0.1, 0.15) is 12.4 Å². The van der Waals surface area contributed by atoms with Crippen LogP contribution in [0.5, 0.6) is 5.75 Å². The quantitative estimate of drug-likeness (QED) is 0.242. The zero-order valence-electron chi connectivity index (χ0n) is 16.2. The SMILES string of the molecule is CN=C(NCCCN(C(C)C)C(C)C)NCCOc1cccnc1.I. The van der Waals surface area contributed by atoms with Gasteiger partial charge in [-0.1, -0.05) is 0 Å². The number of nitrogens with zero attached hydrogens (tertiary/aromatic N) is 3. The second-order valence-corrected chi connectivity index (χ2v) is 6.24. The summed E-state index contributed by atoms with van der Waals surface area (Å²) in [5, 5.41) is 6.60. The van der Waals surface area contributed by atoms with E-state index in [1.807, 2.05) is 12.1 Å². The number of hydrogen-bond acceptors (Lipinski definition) is 4. The highest BCUT2D eigenvalue weighted by molar-refractivity contribution is 14.0. The maximum absolute atomic E-state index is 5.60. The molecule has 1 aromatic rings. The van der Waals surface area contributed by atoms with Crippen LogP contribution in [0.25, 0.3) is 0 Å². The van der Waals surface area contributed by atoms with Crippen LogP contribution in [0.4, 0.5) is 0 Å². The minimum atomic E-state index is 0. The highest BCUT2D eigenvalue weighted by Crippen LogP contribution is 2.05. The number of aliphatic imine (C=N–C) groups is 1. The standard InChI is InChI=1S/C18H33N5O.HI/c1-15(2)23(16(3)4)12-7-10-21-18(19-5)22-11-13-24-17-8-6-9-20-14-17;/h6,8-9,14-16H,7,10-13H2,1-5H3,(H2,19,21,22);1H. The maximum Gasteiger partial charge on any atom is 0.191 e. The topological polar surface area (TPSA) is 61.8 Å². The molecule has 1 heterocycles. The van der Waals surface area contributed by atoms with Crippen molar-refractivity contribution in [2.24, 2.45) is 4.99 Å². The van der Waals surface area contributed by atoms with Gasteiger partial charge < -0.3 is 15.4 Å². The van der Waals surface area contributed by atoms with Gasteiger partial charge in [-0.3, -0.25) is 14.9 Å². The predicted molar refractivity (Wildman–Crippen MR) is 116 cm³/mol. The summed E-state index contributed by atoms with van der Waals surface area (Å²) >= 11 is 0. The summed E-state index contributed by atoms with van der Waals surface area (Å²) in [6.07, 6.45) is 4.53. The monoisotopic (exact) mass is 463 g/mol. The lowest BCUT2D eigenvalue weighted by atomic mass is 10.2. The molecule has 0 bridgehead atoms. The zero-order valence-corrected chi connectivity index (χ0v) is 18.5. The molecule has 1 rings (SSSR count). The van der Waals surface area contributed by atoms with Crippen molar-refractivity contribution >= 4 is 29.9 Å². The number of pyridine rings is 1. The van der Waals surface area contributed by atoms with Gasteiger partial charge in [0.15, 0.2) is 5.96 Å². The largest absolute Gasteiger partial charge is 0.490 e. The van der Waals surface area contributed by atoms with Crippen LogP contribution in [-0.4, -0.2) is 61.2 Å². The Hall–Kier alpha value is -1.09. The fourth-order valence-corrected chi connectivity index (χ4v) is 2.57. The third-order valence-corrected chi connectivity index (χ3v) is 3.73. The predicted octanol–water partition coefficient (Wildman–Crippen LogP) is 2.75. The van der Waals surface area contributed by atoms with Gasteiger partial charge in [-0.2, -0.15) is 0 Å². The molecule has 7 heteroatoms. The molecule has 25 heavy (non-hydrogen) atoms. The van der Waals surface area contributed by atoms with Crippen LogP contribution in [0.3, 0.4) is 0 Å². The Morgan fingerprint density at radius 2 is 1.88 bits per heavy atom. The first kappa shape index (κ1) is 23.9. The van der Waals surface area contributed by atoms with E-state index in [0.717, 1.165) is 31.2 Å². The summed E-state index contributed by atoms with van der Waals surface area (Å²) in [5.74, 6) is 1.59. The molecule has 0 saturated carbocycles. The lowest BCUT2D eigenvalue weighted by Gasteiger charge is -2.30.